The first-order chi connectivity index (χ1) is 5.86. The lowest BCUT2D eigenvalue weighted by atomic mass is 10.3. The van der Waals surface area contributed by atoms with Crippen molar-refractivity contribution in [1.29, 1.82) is 0 Å². The van der Waals surface area contributed by atoms with Crippen molar-refractivity contribution in [1.82, 2.24) is 0 Å². The Hall–Kier alpha value is -1.32. The van der Waals surface area contributed by atoms with Gasteiger partial charge in [-0.2, -0.15) is 0 Å². The number of rotatable bonds is 4. The van der Waals surface area contributed by atoms with Gasteiger partial charge in [0.15, 0.2) is 0 Å². The van der Waals surface area contributed by atoms with E-state index < -0.39 is 13.7 Å². The number of hydrogen-bond acceptors (Lipinski definition) is 2. The molecule has 1 aromatic carbocycles. The number of ether oxygens (including phenoxy) is 2. The molecule has 0 unspecified atom stereocenters. The van der Waals surface area contributed by atoms with Gasteiger partial charge in [0.1, 0.15) is 11.5 Å². The normalized spacial score (nSPS) is 9.50. The quantitative estimate of drug-likeness (QED) is 0.694. The summed E-state index contributed by atoms with van der Waals surface area (Å²) in [5.74, 6) is 0.489. The molecule has 0 fully saturated rings. The highest BCUT2D eigenvalue weighted by Gasteiger charge is 1.96. The van der Waals surface area contributed by atoms with Crippen LogP contribution in [0.1, 0.15) is 0 Å². The van der Waals surface area contributed by atoms with E-state index in [0.717, 1.165) is 0 Å². The summed E-state index contributed by atoms with van der Waals surface area (Å²) in [5, 5.41) is 0. The Morgan fingerprint density at radius 3 is 2.67 bits per heavy atom. The molecule has 0 spiro atoms. The van der Waals surface area contributed by atoms with Crippen LogP contribution in [-0.4, -0.2) is 13.7 Å². The van der Waals surface area contributed by atoms with Crippen LogP contribution >= 0.6 is 0 Å². The predicted molar refractivity (Wildman–Crippen MR) is 38.5 cm³/mol. The third-order valence-electron chi connectivity index (χ3n) is 1.18. The number of alkyl halides is 2. The molecule has 12 heavy (non-hydrogen) atoms. The number of halogens is 2. The molecule has 0 aromatic heterocycles. The molecule has 0 N–H and O–H groups in total. The molecule has 1 rings (SSSR count). The van der Waals surface area contributed by atoms with Crippen molar-refractivity contribution >= 4 is 0 Å². The topological polar surface area (TPSA) is 18.5 Å². The zero-order valence-electron chi connectivity index (χ0n) is 6.22. The summed E-state index contributed by atoms with van der Waals surface area (Å²) in [5.41, 5.74) is 0. The largest absolute Gasteiger partial charge is 0.463 e. The minimum absolute atomic E-state index is 0.198. The Morgan fingerprint density at radius 1 is 1.25 bits per heavy atom. The lowest BCUT2D eigenvalue weighted by molar-refractivity contribution is 0.181. The lowest BCUT2D eigenvalue weighted by Gasteiger charge is -2.03. The van der Waals surface area contributed by atoms with Crippen LogP contribution in [0.3, 0.4) is 0 Å². The van der Waals surface area contributed by atoms with Gasteiger partial charge in [0, 0.05) is 12.1 Å². The van der Waals surface area contributed by atoms with Gasteiger partial charge in [0.05, 0.1) is 0 Å². The molecule has 0 heterocycles. The summed E-state index contributed by atoms with van der Waals surface area (Å²) in [6, 6.07) is 6.94. The van der Waals surface area contributed by atoms with Gasteiger partial charge in [-0.05, 0) is 12.1 Å². The number of benzene rings is 1. The van der Waals surface area contributed by atoms with Crippen LogP contribution < -0.4 is 9.47 Å². The van der Waals surface area contributed by atoms with Gasteiger partial charge < -0.3 is 9.47 Å². The van der Waals surface area contributed by atoms with E-state index >= 15 is 0 Å². The van der Waals surface area contributed by atoms with Gasteiger partial charge in [-0.15, -0.1) is 0 Å². The average molecular weight is 173 g/mol. The van der Waals surface area contributed by atoms with Crippen LogP contribution in [0.5, 0.6) is 11.5 Å². The van der Waals surface area contributed by atoms with Gasteiger partial charge in [-0.3, -0.25) is 0 Å². The molecular formula is C8H7F2O2. The van der Waals surface area contributed by atoms with E-state index in [1.165, 1.54) is 18.2 Å². The summed E-state index contributed by atoms with van der Waals surface area (Å²) >= 11 is 0. The van der Waals surface area contributed by atoms with E-state index in [4.69, 9.17) is 0 Å². The SMILES string of the molecule is FCOc1[c]ccc(OCF)c1. The van der Waals surface area contributed by atoms with E-state index in [0.29, 0.717) is 5.75 Å². The summed E-state index contributed by atoms with van der Waals surface area (Å²) in [4.78, 5) is 0. The van der Waals surface area contributed by atoms with Crippen molar-refractivity contribution < 1.29 is 18.3 Å². The fourth-order valence-electron chi connectivity index (χ4n) is 0.720. The first-order valence-electron chi connectivity index (χ1n) is 3.26. The third kappa shape index (κ3) is 2.38. The molecular weight excluding hydrogens is 166 g/mol. The molecule has 0 aliphatic rings. The number of hydrogen-bond donors (Lipinski definition) is 0. The maximum atomic E-state index is 11.6. The molecule has 0 aliphatic carbocycles. The summed E-state index contributed by atoms with van der Waals surface area (Å²) in [6.07, 6.45) is 0. The van der Waals surface area contributed by atoms with E-state index in [9.17, 15) is 8.78 Å². The van der Waals surface area contributed by atoms with Crippen LogP contribution in [0.15, 0.2) is 18.2 Å². The molecule has 0 saturated carbocycles. The molecule has 65 valence electrons. The van der Waals surface area contributed by atoms with E-state index in [1.54, 1.807) is 0 Å². The van der Waals surface area contributed by atoms with Gasteiger partial charge in [0.2, 0.25) is 13.7 Å². The molecule has 1 radical (unpaired) electrons. The Morgan fingerprint density at radius 2 is 2.00 bits per heavy atom. The zero-order valence-corrected chi connectivity index (χ0v) is 6.22. The molecule has 4 heteroatoms. The highest BCUT2D eigenvalue weighted by molar-refractivity contribution is 5.31. The maximum absolute atomic E-state index is 11.6. The second-order valence-corrected chi connectivity index (χ2v) is 1.90. The minimum atomic E-state index is -0.935. The average Bonchev–Trinajstić information content (AvgIpc) is 2.06. The molecule has 0 aliphatic heterocycles. The van der Waals surface area contributed by atoms with Gasteiger partial charge in [-0.25, -0.2) is 8.78 Å². The molecule has 2 nitrogen and oxygen atoms in total. The second kappa shape index (κ2) is 4.54. The van der Waals surface area contributed by atoms with Crippen molar-refractivity contribution in [3.8, 4) is 11.5 Å². The molecule has 0 bridgehead atoms. The molecule has 1 aromatic rings. The van der Waals surface area contributed by atoms with E-state index in [2.05, 4.69) is 15.5 Å². The standard InChI is InChI=1S/C8H7F2O2/c9-5-11-7-2-1-3-8(4-7)12-6-10/h1-2,4H,5-6H2. The summed E-state index contributed by atoms with van der Waals surface area (Å²) < 4.78 is 32.3. The highest BCUT2D eigenvalue weighted by atomic mass is 19.1. The third-order valence-corrected chi connectivity index (χ3v) is 1.18. The maximum Gasteiger partial charge on any atom is 0.228 e. The predicted octanol–water partition coefficient (Wildman–Crippen LogP) is 2.10. The van der Waals surface area contributed by atoms with Crippen LogP contribution in [0.25, 0.3) is 0 Å². The van der Waals surface area contributed by atoms with Gasteiger partial charge in [0.25, 0.3) is 0 Å². The minimum Gasteiger partial charge on any atom is -0.463 e. The second-order valence-electron chi connectivity index (χ2n) is 1.90. The first-order valence-corrected chi connectivity index (χ1v) is 3.26. The van der Waals surface area contributed by atoms with Crippen molar-refractivity contribution in [2.45, 2.75) is 0 Å². The first kappa shape index (κ1) is 8.77. The summed E-state index contributed by atoms with van der Waals surface area (Å²) in [6.45, 7) is -1.85. The van der Waals surface area contributed by atoms with Crippen molar-refractivity contribution in [3.63, 3.8) is 0 Å². The van der Waals surface area contributed by atoms with Crippen LogP contribution in [0.2, 0.25) is 0 Å². The Bertz CT molecular complexity index is 219. The zero-order chi connectivity index (χ0) is 8.81. The van der Waals surface area contributed by atoms with Gasteiger partial charge in [-0.1, -0.05) is 0 Å². The van der Waals surface area contributed by atoms with E-state index in [-0.39, 0.29) is 5.75 Å². The monoisotopic (exact) mass is 173 g/mol. The lowest BCUT2D eigenvalue weighted by Crippen LogP contribution is -1.93. The van der Waals surface area contributed by atoms with Crippen LogP contribution in [0, 0.1) is 6.07 Å². The van der Waals surface area contributed by atoms with Crippen molar-refractivity contribution in [3.05, 3.63) is 24.3 Å². The van der Waals surface area contributed by atoms with Crippen LogP contribution in [0.4, 0.5) is 8.78 Å². The fraction of sp³-hybridized carbons (Fsp3) is 0.250. The summed E-state index contributed by atoms with van der Waals surface area (Å²) in [7, 11) is 0. The molecule has 0 saturated heterocycles. The van der Waals surface area contributed by atoms with Crippen molar-refractivity contribution in [2.75, 3.05) is 13.7 Å². The van der Waals surface area contributed by atoms with E-state index in [1.807, 2.05) is 0 Å². The Kier molecular flexibility index (Phi) is 3.32. The molecule has 0 atom stereocenters. The van der Waals surface area contributed by atoms with Crippen molar-refractivity contribution in [2.24, 2.45) is 0 Å². The van der Waals surface area contributed by atoms with Crippen LogP contribution in [-0.2, 0) is 0 Å². The Balaban J connectivity index is 2.67. The highest BCUT2D eigenvalue weighted by Crippen LogP contribution is 2.18. The fourth-order valence-corrected chi connectivity index (χ4v) is 0.720. The Labute approximate surface area is 68.7 Å². The van der Waals surface area contributed by atoms with Gasteiger partial charge >= 0.3 is 0 Å². The molecule has 0 amide bonds. The smallest absolute Gasteiger partial charge is 0.228 e.